The van der Waals surface area contributed by atoms with Crippen molar-refractivity contribution >= 4 is 23.5 Å². The van der Waals surface area contributed by atoms with E-state index < -0.39 is 0 Å². The molecule has 1 rings (SSSR count). The van der Waals surface area contributed by atoms with Crippen molar-refractivity contribution in [3.05, 3.63) is 23.0 Å². The smallest absolute Gasteiger partial charge is 0.315 e. The Morgan fingerprint density at radius 3 is 2.50 bits per heavy atom. The number of aromatic nitrogens is 1. The van der Waals surface area contributed by atoms with Gasteiger partial charge in [-0.3, -0.25) is 9.59 Å². The van der Waals surface area contributed by atoms with Crippen LogP contribution in [-0.4, -0.2) is 34.4 Å². The number of ketones is 1. The second-order valence-corrected chi connectivity index (χ2v) is 5.05. The summed E-state index contributed by atoms with van der Waals surface area (Å²) < 4.78 is 6.79. The van der Waals surface area contributed by atoms with E-state index in [1.807, 2.05) is 31.5 Å². The van der Waals surface area contributed by atoms with E-state index in [2.05, 4.69) is 0 Å². The van der Waals surface area contributed by atoms with E-state index in [1.165, 1.54) is 11.8 Å². The molecule has 0 saturated heterocycles. The molecule has 1 aromatic heterocycles. The van der Waals surface area contributed by atoms with Gasteiger partial charge in [0, 0.05) is 24.0 Å². The second-order valence-electron chi connectivity index (χ2n) is 4.06. The van der Waals surface area contributed by atoms with Crippen molar-refractivity contribution in [1.29, 1.82) is 0 Å². The summed E-state index contributed by atoms with van der Waals surface area (Å²) in [4.78, 5) is 23.1. The second kappa shape index (κ2) is 6.64. The molecule has 0 aliphatic carbocycles. The van der Waals surface area contributed by atoms with Crippen LogP contribution in [0.3, 0.4) is 0 Å². The predicted molar refractivity (Wildman–Crippen MR) is 73.2 cm³/mol. The highest BCUT2D eigenvalue weighted by atomic mass is 32.2. The van der Waals surface area contributed by atoms with Crippen LogP contribution in [0.15, 0.2) is 6.07 Å². The fraction of sp³-hybridized carbons (Fsp3) is 0.538. The highest BCUT2D eigenvalue weighted by Crippen LogP contribution is 2.16. The zero-order valence-electron chi connectivity index (χ0n) is 11.3. The normalized spacial score (nSPS) is 10.4. The molecule has 0 bridgehead atoms. The van der Waals surface area contributed by atoms with Gasteiger partial charge in [-0.1, -0.05) is 0 Å². The maximum atomic E-state index is 12.0. The summed E-state index contributed by atoms with van der Waals surface area (Å²) in [5, 5.41) is 0. The first-order chi connectivity index (χ1) is 8.47. The largest absolute Gasteiger partial charge is 0.465 e. The molecule has 0 atom stereocenters. The van der Waals surface area contributed by atoms with Crippen LogP contribution >= 0.6 is 11.8 Å². The van der Waals surface area contributed by atoms with E-state index in [0.29, 0.717) is 12.4 Å². The van der Waals surface area contributed by atoms with Crippen molar-refractivity contribution in [3.8, 4) is 0 Å². The van der Waals surface area contributed by atoms with Crippen LogP contribution in [-0.2, 0) is 16.6 Å². The standard InChI is InChI=1S/C13H19NO3S/c1-5-17-13(16)8-18-7-12(15)11-6-9(2)14(4)10(11)3/h6H,5,7-8H2,1-4H3. The molecule has 0 spiro atoms. The Labute approximate surface area is 112 Å². The van der Waals surface area contributed by atoms with Crippen LogP contribution in [0, 0.1) is 13.8 Å². The number of aryl methyl sites for hydroxylation is 1. The van der Waals surface area contributed by atoms with Gasteiger partial charge in [-0.25, -0.2) is 0 Å². The Balaban J connectivity index is 2.51. The highest BCUT2D eigenvalue weighted by Gasteiger charge is 2.14. The average molecular weight is 269 g/mol. The summed E-state index contributed by atoms with van der Waals surface area (Å²) in [5.41, 5.74) is 2.77. The first-order valence-electron chi connectivity index (χ1n) is 5.86. The fourth-order valence-electron chi connectivity index (χ4n) is 1.65. The molecule has 0 fully saturated rings. The van der Waals surface area contributed by atoms with Gasteiger partial charge in [-0.05, 0) is 26.8 Å². The monoisotopic (exact) mass is 269 g/mol. The van der Waals surface area contributed by atoms with Gasteiger partial charge in [-0.15, -0.1) is 11.8 Å². The van der Waals surface area contributed by atoms with Crippen molar-refractivity contribution in [1.82, 2.24) is 4.57 Å². The van der Waals surface area contributed by atoms with Crippen molar-refractivity contribution < 1.29 is 14.3 Å². The van der Waals surface area contributed by atoms with Gasteiger partial charge >= 0.3 is 5.97 Å². The quantitative estimate of drug-likeness (QED) is 0.586. The van der Waals surface area contributed by atoms with Gasteiger partial charge in [0.15, 0.2) is 5.78 Å². The minimum Gasteiger partial charge on any atom is -0.465 e. The number of hydrogen-bond acceptors (Lipinski definition) is 4. The number of rotatable bonds is 6. The Morgan fingerprint density at radius 1 is 1.33 bits per heavy atom. The number of esters is 1. The van der Waals surface area contributed by atoms with Crippen molar-refractivity contribution in [3.63, 3.8) is 0 Å². The van der Waals surface area contributed by atoms with Crippen LogP contribution < -0.4 is 0 Å². The molecule has 0 radical (unpaired) electrons. The molecule has 0 unspecified atom stereocenters. The average Bonchev–Trinajstić information content (AvgIpc) is 2.57. The van der Waals surface area contributed by atoms with E-state index in [0.717, 1.165) is 17.0 Å². The lowest BCUT2D eigenvalue weighted by Gasteiger charge is -2.03. The lowest BCUT2D eigenvalue weighted by molar-refractivity contribution is -0.139. The van der Waals surface area contributed by atoms with Crippen molar-refractivity contribution in [2.24, 2.45) is 7.05 Å². The Morgan fingerprint density at radius 2 is 2.00 bits per heavy atom. The van der Waals surface area contributed by atoms with Crippen LogP contribution in [0.1, 0.15) is 28.7 Å². The summed E-state index contributed by atoms with van der Waals surface area (Å²) in [5.74, 6) is 0.329. The summed E-state index contributed by atoms with van der Waals surface area (Å²) in [6, 6.07) is 1.89. The molecule has 100 valence electrons. The molecule has 18 heavy (non-hydrogen) atoms. The molecule has 1 aromatic rings. The number of carbonyl (C=O) groups is 2. The number of Topliss-reactive ketones (excluding diaryl/α,β-unsaturated/α-hetero) is 1. The molecular formula is C13H19NO3S. The van der Waals surface area contributed by atoms with E-state index in [1.54, 1.807) is 6.92 Å². The van der Waals surface area contributed by atoms with Gasteiger partial charge in [0.05, 0.1) is 18.1 Å². The van der Waals surface area contributed by atoms with Gasteiger partial charge in [-0.2, -0.15) is 0 Å². The third kappa shape index (κ3) is 3.63. The molecule has 4 nitrogen and oxygen atoms in total. The fourth-order valence-corrected chi connectivity index (χ4v) is 2.34. The van der Waals surface area contributed by atoms with E-state index >= 15 is 0 Å². The maximum absolute atomic E-state index is 12.0. The predicted octanol–water partition coefficient (Wildman–Crippen LogP) is 2.12. The third-order valence-electron chi connectivity index (χ3n) is 2.83. The molecule has 0 aliphatic heterocycles. The molecule has 0 aliphatic rings. The molecule has 0 N–H and O–H groups in total. The number of carbonyl (C=O) groups excluding carboxylic acids is 2. The van der Waals surface area contributed by atoms with Gasteiger partial charge < -0.3 is 9.30 Å². The van der Waals surface area contributed by atoms with Gasteiger partial charge in [0.25, 0.3) is 0 Å². The van der Waals surface area contributed by atoms with Crippen LogP contribution in [0.4, 0.5) is 0 Å². The van der Waals surface area contributed by atoms with Gasteiger partial charge in [0.1, 0.15) is 0 Å². The van der Waals surface area contributed by atoms with E-state index in [-0.39, 0.29) is 17.5 Å². The van der Waals surface area contributed by atoms with Crippen molar-refractivity contribution in [2.45, 2.75) is 20.8 Å². The first-order valence-corrected chi connectivity index (χ1v) is 7.02. The topological polar surface area (TPSA) is 48.3 Å². The van der Waals surface area contributed by atoms with Crippen LogP contribution in [0.2, 0.25) is 0 Å². The summed E-state index contributed by atoms with van der Waals surface area (Å²) in [6.45, 7) is 6.04. The summed E-state index contributed by atoms with van der Waals surface area (Å²) in [7, 11) is 1.94. The minimum absolute atomic E-state index is 0.0606. The SMILES string of the molecule is CCOC(=O)CSCC(=O)c1cc(C)n(C)c1C. The number of ether oxygens (including phenoxy) is 1. The molecule has 0 saturated carbocycles. The zero-order valence-corrected chi connectivity index (χ0v) is 12.1. The first kappa shape index (κ1) is 14.8. The number of hydrogen-bond donors (Lipinski definition) is 0. The summed E-state index contributed by atoms with van der Waals surface area (Å²) in [6.07, 6.45) is 0. The molecule has 5 heteroatoms. The van der Waals surface area contributed by atoms with Gasteiger partial charge in [0.2, 0.25) is 0 Å². The van der Waals surface area contributed by atoms with Crippen LogP contribution in [0.25, 0.3) is 0 Å². The number of nitrogens with zero attached hydrogens (tertiary/aromatic N) is 1. The van der Waals surface area contributed by atoms with E-state index in [4.69, 9.17) is 4.74 Å². The maximum Gasteiger partial charge on any atom is 0.315 e. The highest BCUT2D eigenvalue weighted by molar-refractivity contribution is 8.00. The lowest BCUT2D eigenvalue weighted by Crippen LogP contribution is -2.10. The van der Waals surface area contributed by atoms with E-state index in [9.17, 15) is 9.59 Å². The van der Waals surface area contributed by atoms with Crippen LogP contribution in [0.5, 0.6) is 0 Å². The molecular weight excluding hydrogens is 250 g/mol. The Bertz CT molecular complexity index is 451. The Kier molecular flexibility index (Phi) is 5.47. The molecule has 1 heterocycles. The van der Waals surface area contributed by atoms with Crippen molar-refractivity contribution in [2.75, 3.05) is 18.1 Å². The number of thioether (sulfide) groups is 1. The Hall–Kier alpha value is -1.23. The third-order valence-corrected chi connectivity index (χ3v) is 3.74. The summed E-state index contributed by atoms with van der Waals surface area (Å²) >= 11 is 1.29. The zero-order chi connectivity index (χ0) is 13.7. The molecule has 0 aromatic carbocycles. The minimum atomic E-state index is -0.267. The molecule has 0 amide bonds. The lowest BCUT2D eigenvalue weighted by atomic mass is 10.2.